The Balaban J connectivity index is 0. The van der Waals surface area contributed by atoms with Crippen LogP contribution in [-0.2, 0) is 9.59 Å². The van der Waals surface area contributed by atoms with Crippen LogP contribution >= 0.6 is 8.00 Å². The molecule has 0 aromatic carbocycles. The van der Waals surface area contributed by atoms with E-state index in [0.717, 1.165) is 0 Å². The van der Waals surface area contributed by atoms with E-state index in [2.05, 4.69) is 0 Å². The summed E-state index contributed by atoms with van der Waals surface area (Å²) in [7, 11) is -3.30. The summed E-state index contributed by atoms with van der Waals surface area (Å²) in [4.78, 5) is 39.9. The van der Waals surface area contributed by atoms with Crippen molar-refractivity contribution in [2.24, 2.45) is 0 Å². The van der Waals surface area contributed by atoms with Gasteiger partial charge in [-0.1, -0.05) is 0 Å². The Kier molecular flexibility index (Phi) is 7.92. The fourth-order valence-corrected chi connectivity index (χ4v) is 0.782. The second-order valence-corrected chi connectivity index (χ2v) is 2.63. The summed E-state index contributed by atoms with van der Waals surface area (Å²) in [5.74, 6) is -3.20. The molecule has 0 aromatic rings. The first kappa shape index (κ1) is 14.5. The van der Waals surface area contributed by atoms with Gasteiger partial charge < -0.3 is 20.0 Å². The normalized spacial score (nSPS) is 8.17. The first-order valence-electron chi connectivity index (χ1n) is 2.40. The minimum Gasteiger partial charge on any atom is -0.633 e. The number of hydrogen-bond acceptors (Lipinski definition) is 4. The largest absolute Gasteiger partial charge is 1.00 e. The van der Waals surface area contributed by atoms with E-state index in [0.29, 0.717) is 0 Å². The first-order valence-corrected chi connectivity index (χ1v) is 3.58. The van der Waals surface area contributed by atoms with E-state index in [1.807, 2.05) is 0 Å². The van der Waals surface area contributed by atoms with Crippen molar-refractivity contribution in [2.75, 3.05) is 0 Å². The molecule has 8 heteroatoms. The van der Waals surface area contributed by atoms with Crippen LogP contribution in [0.25, 0.3) is 0 Å². The number of carbonyl (C=O) groups is 2. The fraction of sp³-hybridized carbons (Fsp3) is 0.250. The van der Waals surface area contributed by atoms with E-state index >= 15 is 0 Å². The Bertz CT molecular complexity index is 220. The second-order valence-electron chi connectivity index (χ2n) is 1.58. The zero-order valence-electron chi connectivity index (χ0n) is 6.18. The third kappa shape index (κ3) is 5.65. The number of rotatable bonds is 3. The monoisotopic (exact) mass is 202 g/mol. The van der Waals surface area contributed by atoms with Crippen LogP contribution in [0.5, 0.6) is 0 Å². The Morgan fingerprint density at radius 2 is 1.67 bits per heavy atom. The van der Waals surface area contributed by atoms with Crippen molar-refractivity contribution in [1.82, 2.24) is 0 Å². The van der Waals surface area contributed by atoms with Gasteiger partial charge in [0.2, 0.25) is 5.29 Å². The molecular formula is C4H4NaO6P. The SMILES string of the molecule is O=C(O)CC(C(=O)O)=[P+]([O-])[O-].[Na+]. The van der Waals surface area contributed by atoms with Crippen molar-refractivity contribution in [3.63, 3.8) is 0 Å². The van der Waals surface area contributed by atoms with Crippen LogP contribution in [0.3, 0.4) is 0 Å². The van der Waals surface area contributed by atoms with Gasteiger partial charge in [-0.05, 0) is 0 Å². The number of hydrogen-bond donors (Lipinski definition) is 2. The minimum absolute atomic E-state index is 0. The van der Waals surface area contributed by atoms with Crippen LogP contribution in [0.4, 0.5) is 0 Å². The molecule has 2 N–H and O–H groups in total. The van der Waals surface area contributed by atoms with Crippen LogP contribution in [0.1, 0.15) is 6.42 Å². The molecule has 0 saturated heterocycles. The summed E-state index contributed by atoms with van der Waals surface area (Å²) in [6.45, 7) is 0. The molecule has 0 aliphatic heterocycles. The van der Waals surface area contributed by atoms with E-state index in [1.54, 1.807) is 0 Å². The topological polar surface area (TPSA) is 121 Å². The Hall–Kier alpha value is 0.0300. The molecule has 0 aliphatic carbocycles. The van der Waals surface area contributed by atoms with Crippen molar-refractivity contribution in [3.8, 4) is 0 Å². The van der Waals surface area contributed by atoms with Crippen molar-refractivity contribution >= 4 is 25.2 Å². The molecule has 0 heterocycles. The van der Waals surface area contributed by atoms with Crippen molar-refractivity contribution in [1.29, 1.82) is 0 Å². The molecule has 12 heavy (non-hydrogen) atoms. The molecule has 0 aromatic heterocycles. The summed E-state index contributed by atoms with van der Waals surface area (Å²) >= 11 is 0. The molecule has 0 spiro atoms. The standard InChI is InChI=1S/C4H5O6P.Na/c5-3(6)1-2(4(7)8)11(9)10;/h1H2,(H,5,6)(H,7,8)(H,9,10);/q;+1/p-1. The van der Waals surface area contributed by atoms with Gasteiger partial charge in [-0.2, -0.15) is 0 Å². The molecule has 0 radical (unpaired) electrons. The van der Waals surface area contributed by atoms with E-state index < -0.39 is 31.7 Å². The summed E-state index contributed by atoms with van der Waals surface area (Å²) in [6.07, 6.45) is -0.978. The first-order chi connectivity index (χ1) is 4.95. The van der Waals surface area contributed by atoms with E-state index in [-0.39, 0.29) is 29.6 Å². The molecule has 0 saturated carbocycles. The molecule has 0 bridgehead atoms. The predicted octanol–water partition coefficient (Wildman–Crippen LogP) is -5.25. The number of carboxylic acids is 2. The van der Waals surface area contributed by atoms with Crippen molar-refractivity contribution in [3.05, 3.63) is 0 Å². The van der Waals surface area contributed by atoms with Gasteiger partial charge in [-0.3, -0.25) is 4.79 Å². The summed E-state index contributed by atoms with van der Waals surface area (Å²) in [6, 6.07) is 0. The van der Waals surface area contributed by atoms with E-state index in [4.69, 9.17) is 10.2 Å². The van der Waals surface area contributed by atoms with E-state index in [1.165, 1.54) is 0 Å². The second kappa shape index (κ2) is 6.54. The van der Waals surface area contributed by atoms with Crippen LogP contribution < -0.4 is 39.3 Å². The summed E-state index contributed by atoms with van der Waals surface area (Å²) in [5, 5.41) is 15.1. The third-order valence-corrected chi connectivity index (χ3v) is 1.58. The molecule has 0 rings (SSSR count). The zero-order chi connectivity index (χ0) is 9.02. The fourth-order valence-electron chi connectivity index (χ4n) is 0.361. The molecule has 6 nitrogen and oxygen atoms in total. The Morgan fingerprint density at radius 1 is 1.25 bits per heavy atom. The maximum absolute atomic E-state index is 10.0. The molecule has 0 aliphatic rings. The maximum Gasteiger partial charge on any atom is 1.00 e. The van der Waals surface area contributed by atoms with Crippen LogP contribution in [0.15, 0.2) is 0 Å². The molecular weight excluding hydrogens is 198 g/mol. The smallest absolute Gasteiger partial charge is 0.633 e. The van der Waals surface area contributed by atoms with Gasteiger partial charge in [0.05, 0.1) is 0 Å². The summed E-state index contributed by atoms with van der Waals surface area (Å²) < 4.78 is 0. The van der Waals surface area contributed by atoms with Gasteiger partial charge in [0, 0.05) is 8.00 Å². The molecule has 0 atom stereocenters. The summed E-state index contributed by atoms with van der Waals surface area (Å²) in [5.41, 5.74) is 0. The van der Waals surface area contributed by atoms with Gasteiger partial charge >= 0.3 is 41.5 Å². The average Bonchev–Trinajstić information content (AvgIpc) is 1.81. The average molecular weight is 202 g/mol. The van der Waals surface area contributed by atoms with Gasteiger partial charge in [0.15, 0.2) is 0 Å². The van der Waals surface area contributed by atoms with Crippen LogP contribution in [0, 0.1) is 0 Å². The Morgan fingerprint density at radius 3 is 1.75 bits per heavy atom. The van der Waals surface area contributed by atoms with Gasteiger partial charge in [-0.25, -0.2) is 4.79 Å². The van der Waals surface area contributed by atoms with Crippen molar-refractivity contribution in [2.45, 2.75) is 6.42 Å². The van der Waals surface area contributed by atoms with Gasteiger partial charge in [-0.15, -0.1) is 0 Å². The number of carboxylic acid groups (broad SMARTS) is 2. The van der Waals surface area contributed by atoms with E-state index in [9.17, 15) is 19.4 Å². The van der Waals surface area contributed by atoms with Gasteiger partial charge in [0.25, 0.3) is 0 Å². The minimum atomic E-state index is -3.30. The Labute approximate surface area is 90.7 Å². The maximum atomic E-state index is 10.0. The molecule has 0 amide bonds. The molecule has 0 unspecified atom stereocenters. The quantitative estimate of drug-likeness (QED) is 0.348. The van der Waals surface area contributed by atoms with Crippen LogP contribution in [-0.4, -0.2) is 27.4 Å². The molecule has 62 valence electrons. The zero-order valence-corrected chi connectivity index (χ0v) is 9.08. The van der Waals surface area contributed by atoms with Crippen LogP contribution in [0.2, 0.25) is 0 Å². The van der Waals surface area contributed by atoms with Gasteiger partial charge in [0.1, 0.15) is 6.42 Å². The molecule has 0 fully saturated rings. The van der Waals surface area contributed by atoms with Crippen molar-refractivity contribution < 1.29 is 59.1 Å². The third-order valence-electron chi connectivity index (χ3n) is 0.786. The predicted molar refractivity (Wildman–Crippen MR) is 31.8 cm³/mol. The number of aliphatic carboxylic acids is 2.